The van der Waals surface area contributed by atoms with Crippen LogP contribution in [0.15, 0.2) is 24.3 Å². The maximum atomic E-state index is 11.6. The van der Waals surface area contributed by atoms with Crippen LogP contribution in [-0.4, -0.2) is 31.7 Å². The summed E-state index contributed by atoms with van der Waals surface area (Å²) in [6.07, 6.45) is 1.63. The monoisotopic (exact) mass is 262 g/mol. The van der Waals surface area contributed by atoms with Gasteiger partial charge in [-0.25, -0.2) is 0 Å². The molecule has 0 radical (unpaired) electrons. The van der Waals surface area contributed by atoms with Crippen molar-refractivity contribution < 1.29 is 9.53 Å². The Bertz CT molecular complexity index is 417. The first-order chi connectivity index (χ1) is 9.20. The van der Waals surface area contributed by atoms with Gasteiger partial charge in [0.05, 0.1) is 6.61 Å². The molecule has 1 aliphatic rings. The van der Waals surface area contributed by atoms with E-state index in [1.807, 2.05) is 36.1 Å². The third-order valence-corrected chi connectivity index (χ3v) is 3.24. The number of carbonyl (C=O) groups is 1. The Balaban J connectivity index is 1.92. The lowest BCUT2D eigenvalue weighted by atomic mass is 10.2. The molecule has 0 bridgehead atoms. The summed E-state index contributed by atoms with van der Waals surface area (Å²) in [6.45, 7) is 6.36. The largest absolute Gasteiger partial charge is 0.380 e. The summed E-state index contributed by atoms with van der Waals surface area (Å²) in [6, 6.07) is 8.31. The molecule has 2 rings (SSSR count). The smallest absolute Gasteiger partial charge is 0.227 e. The Morgan fingerprint density at radius 1 is 1.37 bits per heavy atom. The molecule has 0 spiro atoms. The van der Waals surface area contributed by atoms with Gasteiger partial charge < -0.3 is 15.0 Å². The summed E-state index contributed by atoms with van der Waals surface area (Å²) in [7, 11) is 0. The molecule has 1 heterocycles. The number of carbonyl (C=O) groups excluding carboxylic acids is 1. The SMILES string of the molecule is CCOCC(C)Nc1ccc(N2CCCC2=O)cc1. The molecule has 1 unspecified atom stereocenters. The summed E-state index contributed by atoms with van der Waals surface area (Å²) in [5, 5.41) is 3.38. The van der Waals surface area contributed by atoms with Gasteiger partial charge in [-0.1, -0.05) is 0 Å². The zero-order chi connectivity index (χ0) is 13.7. The van der Waals surface area contributed by atoms with Crippen LogP contribution in [0.5, 0.6) is 0 Å². The van der Waals surface area contributed by atoms with Crippen molar-refractivity contribution in [3.8, 4) is 0 Å². The number of hydrogen-bond donors (Lipinski definition) is 1. The Kier molecular flexibility index (Phi) is 4.80. The van der Waals surface area contributed by atoms with Crippen LogP contribution in [0, 0.1) is 0 Å². The Morgan fingerprint density at radius 3 is 2.68 bits per heavy atom. The Morgan fingerprint density at radius 2 is 2.11 bits per heavy atom. The Labute approximate surface area is 114 Å². The third kappa shape index (κ3) is 3.70. The fourth-order valence-electron chi connectivity index (χ4n) is 2.28. The number of rotatable bonds is 6. The predicted molar refractivity (Wildman–Crippen MR) is 77.6 cm³/mol. The van der Waals surface area contributed by atoms with E-state index in [1.165, 1.54) is 0 Å². The molecule has 1 amide bonds. The van der Waals surface area contributed by atoms with Gasteiger partial charge >= 0.3 is 0 Å². The fourth-order valence-corrected chi connectivity index (χ4v) is 2.28. The zero-order valence-electron chi connectivity index (χ0n) is 11.7. The molecule has 4 heteroatoms. The van der Waals surface area contributed by atoms with Gasteiger partial charge in [-0.05, 0) is 44.5 Å². The molecule has 19 heavy (non-hydrogen) atoms. The minimum Gasteiger partial charge on any atom is -0.380 e. The average Bonchev–Trinajstić information content (AvgIpc) is 2.83. The number of ether oxygens (including phenoxy) is 1. The summed E-state index contributed by atoms with van der Waals surface area (Å²) in [4.78, 5) is 13.5. The number of nitrogens with one attached hydrogen (secondary N) is 1. The highest BCUT2D eigenvalue weighted by atomic mass is 16.5. The van der Waals surface area contributed by atoms with E-state index in [-0.39, 0.29) is 11.9 Å². The first-order valence-corrected chi connectivity index (χ1v) is 6.95. The van der Waals surface area contributed by atoms with Crippen molar-refractivity contribution in [2.75, 3.05) is 30.0 Å². The molecule has 1 aromatic carbocycles. The number of nitrogens with zero attached hydrogens (tertiary/aromatic N) is 1. The minimum absolute atomic E-state index is 0.227. The molecule has 0 aliphatic carbocycles. The van der Waals surface area contributed by atoms with Gasteiger partial charge in [0.15, 0.2) is 0 Å². The van der Waals surface area contributed by atoms with E-state index >= 15 is 0 Å². The molecule has 0 aromatic heterocycles. The lowest BCUT2D eigenvalue weighted by molar-refractivity contribution is -0.117. The summed E-state index contributed by atoms with van der Waals surface area (Å²) >= 11 is 0. The van der Waals surface area contributed by atoms with Crippen LogP contribution in [0.4, 0.5) is 11.4 Å². The van der Waals surface area contributed by atoms with Crippen molar-refractivity contribution in [1.82, 2.24) is 0 Å². The highest BCUT2D eigenvalue weighted by Crippen LogP contribution is 2.23. The lowest BCUT2D eigenvalue weighted by Gasteiger charge is -2.18. The second-order valence-corrected chi connectivity index (χ2v) is 4.90. The van der Waals surface area contributed by atoms with Crippen molar-refractivity contribution >= 4 is 17.3 Å². The average molecular weight is 262 g/mol. The van der Waals surface area contributed by atoms with Gasteiger partial charge in [0.2, 0.25) is 5.91 Å². The van der Waals surface area contributed by atoms with E-state index in [4.69, 9.17) is 4.74 Å². The number of amides is 1. The van der Waals surface area contributed by atoms with Crippen LogP contribution in [0.2, 0.25) is 0 Å². The number of benzene rings is 1. The van der Waals surface area contributed by atoms with E-state index in [2.05, 4.69) is 12.2 Å². The summed E-state index contributed by atoms with van der Waals surface area (Å²) in [5.41, 5.74) is 2.05. The highest BCUT2D eigenvalue weighted by molar-refractivity contribution is 5.95. The second-order valence-electron chi connectivity index (χ2n) is 4.90. The van der Waals surface area contributed by atoms with Crippen molar-refractivity contribution in [2.24, 2.45) is 0 Å². The summed E-state index contributed by atoms with van der Waals surface area (Å²) in [5.74, 6) is 0.227. The van der Waals surface area contributed by atoms with E-state index in [9.17, 15) is 4.79 Å². The molecule has 4 nitrogen and oxygen atoms in total. The lowest BCUT2D eigenvalue weighted by Crippen LogP contribution is -2.24. The van der Waals surface area contributed by atoms with Gasteiger partial charge in [-0.15, -0.1) is 0 Å². The minimum atomic E-state index is 0.227. The van der Waals surface area contributed by atoms with Crippen LogP contribution in [0.25, 0.3) is 0 Å². The van der Waals surface area contributed by atoms with Crippen LogP contribution >= 0.6 is 0 Å². The van der Waals surface area contributed by atoms with Gasteiger partial charge in [0.25, 0.3) is 0 Å². The van der Waals surface area contributed by atoms with E-state index < -0.39 is 0 Å². The molecule has 1 atom stereocenters. The van der Waals surface area contributed by atoms with Crippen LogP contribution in [0.3, 0.4) is 0 Å². The molecule has 104 valence electrons. The topological polar surface area (TPSA) is 41.6 Å². The normalized spacial score (nSPS) is 16.7. The van der Waals surface area contributed by atoms with Crippen molar-refractivity contribution in [2.45, 2.75) is 32.7 Å². The van der Waals surface area contributed by atoms with E-state index in [0.29, 0.717) is 13.0 Å². The van der Waals surface area contributed by atoms with Gasteiger partial charge in [0.1, 0.15) is 0 Å². The summed E-state index contributed by atoms with van der Waals surface area (Å²) < 4.78 is 5.37. The first kappa shape index (κ1) is 13.9. The first-order valence-electron chi connectivity index (χ1n) is 6.95. The van der Waals surface area contributed by atoms with Crippen molar-refractivity contribution in [3.05, 3.63) is 24.3 Å². The van der Waals surface area contributed by atoms with Gasteiger partial charge in [-0.3, -0.25) is 4.79 Å². The predicted octanol–water partition coefficient (Wildman–Crippen LogP) is 2.65. The standard InChI is InChI=1S/C15H22N2O2/c1-3-19-11-12(2)16-13-6-8-14(9-7-13)17-10-4-5-15(17)18/h6-9,12,16H,3-5,10-11H2,1-2H3. The molecular formula is C15H22N2O2. The molecule has 1 fully saturated rings. The number of anilines is 2. The second kappa shape index (κ2) is 6.57. The van der Waals surface area contributed by atoms with E-state index in [0.717, 1.165) is 30.9 Å². The van der Waals surface area contributed by atoms with Crippen LogP contribution in [-0.2, 0) is 9.53 Å². The van der Waals surface area contributed by atoms with Gasteiger partial charge in [-0.2, -0.15) is 0 Å². The molecule has 1 aromatic rings. The maximum absolute atomic E-state index is 11.6. The molecule has 1 saturated heterocycles. The molecule has 0 saturated carbocycles. The fraction of sp³-hybridized carbons (Fsp3) is 0.533. The zero-order valence-corrected chi connectivity index (χ0v) is 11.7. The molecular weight excluding hydrogens is 240 g/mol. The van der Waals surface area contributed by atoms with Crippen molar-refractivity contribution in [3.63, 3.8) is 0 Å². The van der Waals surface area contributed by atoms with Crippen molar-refractivity contribution in [1.29, 1.82) is 0 Å². The molecule has 1 N–H and O–H groups in total. The quantitative estimate of drug-likeness (QED) is 0.857. The van der Waals surface area contributed by atoms with E-state index in [1.54, 1.807) is 0 Å². The maximum Gasteiger partial charge on any atom is 0.227 e. The molecule has 1 aliphatic heterocycles. The van der Waals surface area contributed by atoms with Gasteiger partial charge in [0, 0.05) is 37.0 Å². The highest BCUT2D eigenvalue weighted by Gasteiger charge is 2.21. The number of hydrogen-bond acceptors (Lipinski definition) is 3. The van der Waals surface area contributed by atoms with Crippen LogP contribution in [0.1, 0.15) is 26.7 Å². The Hall–Kier alpha value is -1.55. The third-order valence-electron chi connectivity index (χ3n) is 3.24. The van der Waals surface area contributed by atoms with Crippen LogP contribution < -0.4 is 10.2 Å².